The predicted molar refractivity (Wildman–Crippen MR) is 116 cm³/mol. The van der Waals surface area contributed by atoms with Crippen LogP contribution in [0.25, 0.3) is 21.1 Å². The lowest BCUT2D eigenvalue weighted by molar-refractivity contribution is -0.119. The van der Waals surface area contributed by atoms with Crippen LogP contribution in [0.4, 0.5) is 0 Å². The van der Waals surface area contributed by atoms with Crippen LogP contribution >= 0.6 is 11.3 Å². The Bertz CT molecular complexity index is 1150. The molecule has 0 saturated heterocycles. The maximum Gasteiger partial charge on any atom is 0.217 e. The van der Waals surface area contributed by atoms with E-state index in [2.05, 4.69) is 33.7 Å². The highest BCUT2D eigenvalue weighted by atomic mass is 32.1. The van der Waals surface area contributed by atoms with Gasteiger partial charge >= 0.3 is 0 Å². The molecular weight excluding hydrogens is 396 g/mol. The molecular formula is C23H22N4O2S. The van der Waals surface area contributed by atoms with Gasteiger partial charge in [0.15, 0.2) is 0 Å². The molecule has 1 amide bonds. The summed E-state index contributed by atoms with van der Waals surface area (Å²) in [5, 5.41) is 22.9. The van der Waals surface area contributed by atoms with E-state index < -0.39 is 0 Å². The molecule has 3 aromatic rings. The van der Waals surface area contributed by atoms with E-state index in [1.54, 1.807) is 13.0 Å². The van der Waals surface area contributed by atoms with Gasteiger partial charge in [0, 0.05) is 18.1 Å². The van der Waals surface area contributed by atoms with Crippen molar-refractivity contribution in [1.29, 1.82) is 5.26 Å². The Hall–Kier alpha value is -3.24. The summed E-state index contributed by atoms with van der Waals surface area (Å²) in [5.41, 5.74) is 4.76. The first-order valence-corrected chi connectivity index (χ1v) is 10.7. The van der Waals surface area contributed by atoms with Gasteiger partial charge in [0.1, 0.15) is 21.8 Å². The number of carbonyl (C=O) groups is 1. The van der Waals surface area contributed by atoms with Gasteiger partial charge in [0.25, 0.3) is 0 Å². The molecule has 0 unspecified atom stereocenters. The van der Waals surface area contributed by atoms with Gasteiger partial charge < -0.3 is 10.1 Å². The lowest BCUT2D eigenvalue weighted by Crippen LogP contribution is -2.24. The van der Waals surface area contributed by atoms with Crippen LogP contribution in [0.3, 0.4) is 0 Å². The molecule has 1 aliphatic rings. The number of hydrogen-bond acceptors (Lipinski definition) is 6. The van der Waals surface area contributed by atoms with Crippen molar-refractivity contribution >= 4 is 17.2 Å². The minimum Gasteiger partial charge on any atom is -0.490 e. The van der Waals surface area contributed by atoms with Crippen molar-refractivity contribution in [3.8, 4) is 33.0 Å². The maximum atomic E-state index is 11.5. The second-order valence-electron chi connectivity index (χ2n) is 7.57. The topological polar surface area (TPSA) is 87.9 Å². The first-order valence-electron chi connectivity index (χ1n) is 9.90. The van der Waals surface area contributed by atoms with E-state index in [9.17, 15) is 10.1 Å². The number of rotatable bonds is 5. The van der Waals surface area contributed by atoms with Gasteiger partial charge in [-0.15, -0.1) is 10.2 Å². The van der Waals surface area contributed by atoms with Crippen LogP contribution in [0.1, 0.15) is 49.9 Å². The Balaban J connectivity index is 1.66. The Kier molecular flexibility index (Phi) is 5.51. The highest BCUT2D eigenvalue weighted by Crippen LogP contribution is 2.40. The molecule has 1 heterocycles. The molecule has 2 aromatic carbocycles. The third kappa shape index (κ3) is 3.91. The van der Waals surface area contributed by atoms with Crippen molar-refractivity contribution in [2.75, 3.05) is 0 Å². The zero-order valence-corrected chi connectivity index (χ0v) is 17.9. The van der Waals surface area contributed by atoms with Crippen LogP contribution < -0.4 is 10.1 Å². The molecule has 0 aliphatic heterocycles. The third-order valence-electron chi connectivity index (χ3n) is 5.01. The van der Waals surface area contributed by atoms with Gasteiger partial charge in [0.2, 0.25) is 5.91 Å². The number of nitrogens with zero attached hydrogens (tertiary/aromatic N) is 3. The Labute approximate surface area is 179 Å². The van der Waals surface area contributed by atoms with E-state index in [1.807, 2.05) is 32.0 Å². The Morgan fingerprint density at radius 1 is 1.27 bits per heavy atom. The summed E-state index contributed by atoms with van der Waals surface area (Å²) in [6.45, 7) is 5.41. The number of nitriles is 1. The average Bonchev–Trinajstić information content (AvgIpc) is 3.35. The van der Waals surface area contributed by atoms with Crippen LogP contribution in [0.5, 0.6) is 5.75 Å². The monoisotopic (exact) mass is 418 g/mol. The second kappa shape index (κ2) is 8.25. The molecule has 0 spiro atoms. The summed E-state index contributed by atoms with van der Waals surface area (Å²) < 4.78 is 5.70. The van der Waals surface area contributed by atoms with Crippen LogP contribution in [-0.2, 0) is 11.2 Å². The molecule has 1 aliphatic carbocycles. The number of nitrogens with one attached hydrogen (secondary N) is 1. The number of aromatic nitrogens is 2. The van der Waals surface area contributed by atoms with Crippen molar-refractivity contribution in [3.05, 3.63) is 53.1 Å². The molecule has 30 heavy (non-hydrogen) atoms. The highest BCUT2D eigenvalue weighted by molar-refractivity contribution is 7.17. The summed E-state index contributed by atoms with van der Waals surface area (Å²) in [6.07, 6.45) is 1.78. The smallest absolute Gasteiger partial charge is 0.217 e. The Morgan fingerprint density at radius 3 is 2.80 bits per heavy atom. The summed E-state index contributed by atoms with van der Waals surface area (Å²) in [5.74, 6) is 0.556. The number of ether oxygens (including phenoxy) is 1. The zero-order valence-electron chi connectivity index (χ0n) is 17.1. The number of amides is 1. The summed E-state index contributed by atoms with van der Waals surface area (Å²) in [6, 6.07) is 13.9. The van der Waals surface area contributed by atoms with E-state index in [0.29, 0.717) is 11.3 Å². The van der Waals surface area contributed by atoms with Crippen molar-refractivity contribution in [3.63, 3.8) is 0 Å². The first kappa shape index (κ1) is 20.0. The molecule has 0 saturated carbocycles. The van der Waals surface area contributed by atoms with Crippen LogP contribution in [0.2, 0.25) is 0 Å². The van der Waals surface area contributed by atoms with Crippen molar-refractivity contribution in [2.45, 2.75) is 45.8 Å². The van der Waals surface area contributed by atoms with E-state index >= 15 is 0 Å². The third-order valence-corrected chi connectivity index (χ3v) is 6.02. The normalized spacial score (nSPS) is 15.0. The predicted octanol–water partition coefficient (Wildman–Crippen LogP) is 4.65. The minimum atomic E-state index is -0.0188. The number of fused-ring (bicyclic) bond motifs is 1. The summed E-state index contributed by atoms with van der Waals surface area (Å²) in [4.78, 5) is 11.5. The van der Waals surface area contributed by atoms with Gasteiger partial charge in [-0.25, -0.2) is 0 Å². The van der Waals surface area contributed by atoms with E-state index in [0.717, 1.165) is 39.5 Å². The molecule has 1 N–H and O–H groups in total. The van der Waals surface area contributed by atoms with Gasteiger partial charge in [-0.1, -0.05) is 29.5 Å². The molecule has 4 rings (SSSR count). The number of carbonyl (C=O) groups excluding carboxylic acids is 1. The van der Waals surface area contributed by atoms with Crippen LogP contribution in [-0.4, -0.2) is 22.2 Å². The molecule has 0 radical (unpaired) electrons. The van der Waals surface area contributed by atoms with Crippen LogP contribution in [0.15, 0.2) is 36.4 Å². The fourth-order valence-electron chi connectivity index (χ4n) is 3.81. The van der Waals surface area contributed by atoms with E-state index in [-0.39, 0.29) is 18.1 Å². The van der Waals surface area contributed by atoms with Gasteiger partial charge in [0.05, 0.1) is 17.7 Å². The molecule has 7 heteroatoms. The largest absolute Gasteiger partial charge is 0.490 e. The quantitative estimate of drug-likeness (QED) is 0.651. The van der Waals surface area contributed by atoms with Crippen molar-refractivity contribution < 1.29 is 9.53 Å². The first-order chi connectivity index (χ1) is 14.5. The standard InChI is InChI=1S/C23H22N4O2S/c1-13(2)29-21-10-7-15(11-16(21)12-24)22-26-27-23(30-22)19-6-4-5-18-17(19)8-9-20(18)25-14(3)28/h4-7,10-11,13,20H,8-9H2,1-3H3,(H,25,28)/t20-/m1/s1. The molecule has 1 atom stereocenters. The molecule has 0 bridgehead atoms. The van der Waals surface area contributed by atoms with Crippen LogP contribution in [0, 0.1) is 11.3 Å². The minimum absolute atomic E-state index is 0.00224. The summed E-state index contributed by atoms with van der Waals surface area (Å²) >= 11 is 1.50. The SMILES string of the molecule is CC(=O)N[C@@H]1CCc2c(-c3nnc(-c4ccc(OC(C)C)c(C#N)c4)s3)cccc21. The fraction of sp³-hybridized carbons (Fsp3) is 0.304. The molecule has 0 fully saturated rings. The number of benzene rings is 2. The zero-order chi connectivity index (χ0) is 21.3. The average molecular weight is 419 g/mol. The summed E-state index contributed by atoms with van der Waals surface area (Å²) in [7, 11) is 0. The maximum absolute atomic E-state index is 11.5. The number of hydrogen-bond donors (Lipinski definition) is 1. The van der Waals surface area contributed by atoms with E-state index in [4.69, 9.17) is 4.74 Å². The molecule has 152 valence electrons. The van der Waals surface area contributed by atoms with Crippen molar-refractivity contribution in [1.82, 2.24) is 15.5 Å². The Morgan fingerprint density at radius 2 is 2.07 bits per heavy atom. The van der Waals surface area contributed by atoms with Gasteiger partial charge in [-0.3, -0.25) is 4.79 Å². The fourth-order valence-corrected chi connectivity index (χ4v) is 4.70. The van der Waals surface area contributed by atoms with Crippen molar-refractivity contribution in [2.24, 2.45) is 0 Å². The van der Waals surface area contributed by atoms with Gasteiger partial charge in [-0.05, 0) is 56.0 Å². The highest BCUT2D eigenvalue weighted by Gasteiger charge is 2.26. The molecule has 1 aromatic heterocycles. The second-order valence-corrected chi connectivity index (χ2v) is 8.54. The lowest BCUT2D eigenvalue weighted by Gasteiger charge is -2.13. The molecule has 6 nitrogen and oxygen atoms in total. The lowest BCUT2D eigenvalue weighted by atomic mass is 10.0. The van der Waals surface area contributed by atoms with Gasteiger partial charge in [-0.2, -0.15) is 5.26 Å². The van der Waals surface area contributed by atoms with E-state index in [1.165, 1.54) is 16.9 Å².